The molecule has 1 N–H and O–H groups in total. The van der Waals surface area contributed by atoms with Crippen LogP contribution < -0.4 is 0 Å². The molecule has 0 unspecified atom stereocenters. The first kappa shape index (κ1) is 16.6. The standard InChI is InChI=1S/C12H21N3O4S/c1-4-14(5-2)10(16)6-13(3)12(19)15-8-20-7-9(15)11(17)18/h9H,4-8H2,1-3H3,(H,17,18)/t9-/m0/s1. The highest BCUT2D eigenvalue weighted by atomic mass is 32.2. The van der Waals surface area contributed by atoms with Gasteiger partial charge in [0.2, 0.25) is 5.91 Å². The third kappa shape index (κ3) is 3.78. The van der Waals surface area contributed by atoms with E-state index in [1.54, 1.807) is 4.90 Å². The smallest absolute Gasteiger partial charge is 0.327 e. The van der Waals surface area contributed by atoms with Gasteiger partial charge in [-0.25, -0.2) is 9.59 Å². The maximum Gasteiger partial charge on any atom is 0.327 e. The van der Waals surface area contributed by atoms with Crippen LogP contribution >= 0.6 is 11.8 Å². The monoisotopic (exact) mass is 303 g/mol. The molecule has 1 heterocycles. The second-order valence-corrected chi connectivity index (χ2v) is 5.53. The molecule has 0 bridgehead atoms. The van der Waals surface area contributed by atoms with Crippen LogP contribution in [0.5, 0.6) is 0 Å². The lowest BCUT2D eigenvalue weighted by atomic mass is 10.3. The van der Waals surface area contributed by atoms with Gasteiger partial charge in [0.25, 0.3) is 0 Å². The molecule has 1 aliphatic rings. The van der Waals surface area contributed by atoms with Gasteiger partial charge in [-0.05, 0) is 13.8 Å². The third-order valence-electron chi connectivity index (χ3n) is 3.23. The van der Waals surface area contributed by atoms with Gasteiger partial charge in [-0.2, -0.15) is 0 Å². The minimum atomic E-state index is -1.01. The summed E-state index contributed by atoms with van der Waals surface area (Å²) in [6, 6.07) is -1.22. The number of amides is 3. The van der Waals surface area contributed by atoms with E-state index in [0.29, 0.717) is 24.7 Å². The Morgan fingerprint density at radius 2 is 1.90 bits per heavy atom. The summed E-state index contributed by atoms with van der Waals surface area (Å²) in [5.41, 5.74) is 0. The van der Waals surface area contributed by atoms with Gasteiger partial charge in [0, 0.05) is 25.9 Å². The summed E-state index contributed by atoms with van der Waals surface area (Å²) in [4.78, 5) is 39.4. The molecule has 20 heavy (non-hydrogen) atoms. The number of hydrogen-bond donors (Lipinski definition) is 1. The summed E-state index contributed by atoms with van der Waals surface area (Å²) >= 11 is 1.40. The van der Waals surface area contributed by atoms with Crippen LogP contribution in [0.25, 0.3) is 0 Å². The van der Waals surface area contributed by atoms with Gasteiger partial charge < -0.3 is 19.8 Å². The van der Waals surface area contributed by atoms with Crippen LogP contribution in [0.3, 0.4) is 0 Å². The van der Waals surface area contributed by atoms with Crippen LogP contribution in [0.4, 0.5) is 4.79 Å². The molecular formula is C12H21N3O4S. The van der Waals surface area contributed by atoms with Crippen molar-refractivity contribution in [2.24, 2.45) is 0 Å². The quantitative estimate of drug-likeness (QED) is 0.793. The highest BCUT2D eigenvalue weighted by Gasteiger charge is 2.36. The van der Waals surface area contributed by atoms with Crippen molar-refractivity contribution in [1.82, 2.24) is 14.7 Å². The Morgan fingerprint density at radius 1 is 1.30 bits per heavy atom. The number of hydrogen-bond acceptors (Lipinski definition) is 4. The van der Waals surface area contributed by atoms with Gasteiger partial charge in [0.05, 0.1) is 5.88 Å². The molecule has 1 atom stereocenters. The maximum atomic E-state index is 12.2. The molecule has 114 valence electrons. The van der Waals surface area contributed by atoms with Crippen LogP contribution in [0.2, 0.25) is 0 Å². The van der Waals surface area contributed by atoms with Gasteiger partial charge in [-0.15, -0.1) is 11.8 Å². The number of carbonyl (C=O) groups excluding carboxylic acids is 2. The molecule has 1 rings (SSSR count). The number of likely N-dealkylation sites (N-methyl/N-ethyl adjacent to an activating group) is 2. The predicted molar refractivity (Wildman–Crippen MR) is 76.5 cm³/mol. The largest absolute Gasteiger partial charge is 0.480 e. The van der Waals surface area contributed by atoms with Crippen molar-refractivity contribution in [3.63, 3.8) is 0 Å². The molecule has 0 aromatic rings. The van der Waals surface area contributed by atoms with Gasteiger partial charge in [0.15, 0.2) is 0 Å². The second-order valence-electron chi connectivity index (χ2n) is 4.53. The Balaban J connectivity index is 2.63. The van der Waals surface area contributed by atoms with E-state index in [1.165, 1.54) is 28.6 Å². The number of thioether (sulfide) groups is 1. The van der Waals surface area contributed by atoms with Crippen molar-refractivity contribution >= 4 is 29.7 Å². The van der Waals surface area contributed by atoms with Crippen molar-refractivity contribution < 1.29 is 19.5 Å². The Kier molecular flexibility index (Phi) is 6.12. The molecule has 8 heteroatoms. The number of urea groups is 1. The lowest BCUT2D eigenvalue weighted by molar-refractivity contribution is -0.140. The highest BCUT2D eigenvalue weighted by molar-refractivity contribution is 7.99. The maximum absolute atomic E-state index is 12.2. The van der Waals surface area contributed by atoms with Crippen molar-refractivity contribution in [3.8, 4) is 0 Å². The van der Waals surface area contributed by atoms with Crippen LogP contribution in [0, 0.1) is 0 Å². The fourth-order valence-corrected chi connectivity index (χ4v) is 3.14. The lowest BCUT2D eigenvalue weighted by Gasteiger charge is -2.28. The number of rotatable bonds is 5. The first-order valence-corrected chi connectivity index (χ1v) is 7.67. The molecule has 1 fully saturated rings. The zero-order valence-corrected chi connectivity index (χ0v) is 12.9. The van der Waals surface area contributed by atoms with Gasteiger partial charge in [-0.3, -0.25) is 4.79 Å². The summed E-state index contributed by atoms with van der Waals surface area (Å²) in [5.74, 6) is -0.408. The number of aliphatic carboxylic acids is 1. The van der Waals surface area contributed by atoms with E-state index in [-0.39, 0.29) is 12.5 Å². The van der Waals surface area contributed by atoms with Gasteiger partial charge >= 0.3 is 12.0 Å². The van der Waals surface area contributed by atoms with Crippen LogP contribution in [-0.4, -0.2) is 82.1 Å². The van der Waals surface area contributed by atoms with Crippen molar-refractivity contribution in [2.45, 2.75) is 19.9 Å². The lowest BCUT2D eigenvalue weighted by Crippen LogP contribution is -2.50. The van der Waals surface area contributed by atoms with E-state index in [0.717, 1.165) is 0 Å². The Labute approximate surface area is 122 Å². The molecule has 0 radical (unpaired) electrons. The van der Waals surface area contributed by atoms with Crippen LogP contribution in [0.1, 0.15) is 13.8 Å². The Hall–Kier alpha value is -1.44. The van der Waals surface area contributed by atoms with Crippen LogP contribution in [-0.2, 0) is 9.59 Å². The molecule has 0 aromatic carbocycles. The second kappa shape index (κ2) is 7.37. The van der Waals surface area contributed by atoms with Crippen molar-refractivity contribution in [3.05, 3.63) is 0 Å². The fourth-order valence-electron chi connectivity index (χ4n) is 2.00. The number of nitrogens with zero attached hydrogens (tertiary/aromatic N) is 3. The zero-order chi connectivity index (χ0) is 15.3. The first-order valence-electron chi connectivity index (χ1n) is 6.52. The minimum Gasteiger partial charge on any atom is -0.480 e. The number of carboxylic acid groups (broad SMARTS) is 1. The topological polar surface area (TPSA) is 81.2 Å². The summed E-state index contributed by atoms with van der Waals surface area (Å²) in [6.07, 6.45) is 0. The fraction of sp³-hybridized carbons (Fsp3) is 0.750. The molecule has 3 amide bonds. The minimum absolute atomic E-state index is 0.0337. The average molecular weight is 303 g/mol. The molecular weight excluding hydrogens is 282 g/mol. The highest BCUT2D eigenvalue weighted by Crippen LogP contribution is 2.22. The summed E-state index contributed by atoms with van der Waals surface area (Å²) in [5, 5.41) is 9.06. The van der Waals surface area contributed by atoms with Gasteiger partial charge in [-0.1, -0.05) is 0 Å². The van der Waals surface area contributed by atoms with E-state index in [4.69, 9.17) is 5.11 Å². The van der Waals surface area contributed by atoms with E-state index >= 15 is 0 Å². The summed E-state index contributed by atoms with van der Waals surface area (Å²) in [7, 11) is 1.52. The van der Waals surface area contributed by atoms with E-state index in [2.05, 4.69) is 0 Å². The molecule has 1 saturated heterocycles. The molecule has 0 saturated carbocycles. The van der Waals surface area contributed by atoms with E-state index in [9.17, 15) is 14.4 Å². The molecule has 7 nitrogen and oxygen atoms in total. The average Bonchev–Trinajstić information content (AvgIpc) is 2.88. The van der Waals surface area contributed by atoms with Crippen molar-refractivity contribution in [1.29, 1.82) is 0 Å². The zero-order valence-electron chi connectivity index (χ0n) is 12.0. The van der Waals surface area contributed by atoms with E-state index in [1.807, 2.05) is 13.8 Å². The SMILES string of the molecule is CCN(CC)C(=O)CN(C)C(=O)N1CSC[C@H]1C(=O)O. The molecule has 0 spiro atoms. The Morgan fingerprint density at radius 3 is 2.40 bits per heavy atom. The number of carboxylic acids is 1. The number of carbonyl (C=O) groups is 3. The van der Waals surface area contributed by atoms with Crippen molar-refractivity contribution in [2.75, 3.05) is 38.3 Å². The first-order chi connectivity index (χ1) is 9.42. The van der Waals surface area contributed by atoms with Crippen LogP contribution in [0.15, 0.2) is 0 Å². The third-order valence-corrected chi connectivity index (χ3v) is 4.24. The molecule has 1 aliphatic heterocycles. The normalized spacial score (nSPS) is 17.9. The predicted octanol–water partition coefficient (Wildman–Crippen LogP) is 0.366. The summed E-state index contributed by atoms with van der Waals surface area (Å²) < 4.78 is 0. The Bertz CT molecular complexity index is 387. The van der Waals surface area contributed by atoms with Gasteiger partial charge in [0.1, 0.15) is 12.6 Å². The van der Waals surface area contributed by atoms with E-state index < -0.39 is 18.0 Å². The molecule has 0 aliphatic carbocycles. The summed E-state index contributed by atoms with van der Waals surface area (Å²) in [6.45, 7) is 4.90. The molecule has 0 aromatic heterocycles.